The van der Waals surface area contributed by atoms with Crippen molar-refractivity contribution < 1.29 is 4.79 Å². The normalized spacial score (nSPS) is 11.9. The molecule has 0 aliphatic heterocycles. The summed E-state index contributed by atoms with van der Waals surface area (Å²) in [7, 11) is 0. The molecule has 0 aliphatic rings. The molecule has 2 aromatic carbocycles. The number of nitrogens with one attached hydrogen (secondary N) is 1. The smallest absolute Gasteiger partial charge is 0.248 e. The lowest BCUT2D eigenvalue weighted by atomic mass is 10.2. The molecule has 4 nitrogen and oxygen atoms in total. The van der Waals surface area contributed by atoms with Gasteiger partial charge in [-0.05, 0) is 47.1 Å². The molecule has 0 aliphatic carbocycles. The fraction of sp³-hybridized carbons (Fsp3) is 0.111. The highest BCUT2D eigenvalue weighted by Gasteiger charge is 2.17. The van der Waals surface area contributed by atoms with Crippen LogP contribution in [0.3, 0.4) is 0 Å². The third kappa shape index (κ3) is 4.07. The van der Waals surface area contributed by atoms with Gasteiger partial charge in [0.25, 0.3) is 0 Å². The number of rotatable bonds is 5. The molecule has 1 amide bonds. The van der Waals surface area contributed by atoms with Crippen molar-refractivity contribution in [3.8, 4) is 0 Å². The van der Waals surface area contributed by atoms with Gasteiger partial charge >= 0.3 is 0 Å². The van der Waals surface area contributed by atoms with Gasteiger partial charge in [0, 0.05) is 16.0 Å². The van der Waals surface area contributed by atoms with E-state index in [0.29, 0.717) is 0 Å². The maximum absolute atomic E-state index is 12.5. The summed E-state index contributed by atoms with van der Waals surface area (Å²) in [6.45, 7) is 1.82. The monoisotopic (exact) mass is 401 g/mol. The van der Waals surface area contributed by atoms with Crippen molar-refractivity contribution in [1.82, 2.24) is 9.78 Å². The van der Waals surface area contributed by atoms with Crippen LogP contribution in [0.2, 0.25) is 0 Å². The third-order valence-electron chi connectivity index (χ3n) is 3.46. The lowest BCUT2D eigenvalue weighted by Gasteiger charge is -2.15. The summed E-state index contributed by atoms with van der Waals surface area (Å²) in [5.41, 5.74) is 0.800. The molecule has 0 saturated heterocycles. The lowest BCUT2D eigenvalue weighted by Crippen LogP contribution is -2.24. The van der Waals surface area contributed by atoms with Crippen molar-refractivity contribution in [1.29, 1.82) is 0 Å². The molecule has 1 aromatic heterocycles. The molecule has 0 fully saturated rings. The van der Waals surface area contributed by atoms with Crippen LogP contribution in [0.5, 0.6) is 0 Å². The molecule has 3 aromatic rings. The zero-order chi connectivity index (χ0) is 16.9. The summed E-state index contributed by atoms with van der Waals surface area (Å²) >= 11 is 4.97. The van der Waals surface area contributed by atoms with Crippen LogP contribution in [0.15, 0.2) is 81.3 Å². The summed E-state index contributed by atoms with van der Waals surface area (Å²) in [5, 5.41) is 7.17. The summed E-state index contributed by atoms with van der Waals surface area (Å²) in [6.07, 6.45) is 3.46. The van der Waals surface area contributed by atoms with Crippen molar-refractivity contribution in [2.24, 2.45) is 0 Å². The van der Waals surface area contributed by atoms with E-state index < -0.39 is 6.04 Å². The molecule has 0 spiro atoms. The first kappa shape index (κ1) is 16.8. The Kier molecular flexibility index (Phi) is 5.37. The molecule has 6 heteroatoms. The number of anilines is 1. The Hall–Kier alpha value is -2.05. The second kappa shape index (κ2) is 7.68. The summed E-state index contributed by atoms with van der Waals surface area (Å²) < 4.78 is 2.48. The highest BCUT2D eigenvalue weighted by molar-refractivity contribution is 9.10. The van der Waals surface area contributed by atoms with E-state index in [1.807, 2.05) is 61.5 Å². The standard InChI is InChI=1S/C18H16BrN3OS/c1-13(22-12-14(19)11-20-22)18(23)21-16-9-5-6-10-17(16)24-15-7-3-2-4-8-15/h2-13H,1H3,(H,21,23). The number of carbonyl (C=O) groups is 1. The Morgan fingerprint density at radius 3 is 2.58 bits per heavy atom. The SMILES string of the molecule is CC(C(=O)Nc1ccccc1Sc1ccccc1)n1cc(Br)cn1. The summed E-state index contributed by atoms with van der Waals surface area (Å²) in [4.78, 5) is 14.7. The van der Waals surface area contributed by atoms with Gasteiger partial charge in [0.1, 0.15) is 6.04 Å². The van der Waals surface area contributed by atoms with Crippen LogP contribution in [-0.4, -0.2) is 15.7 Å². The lowest BCUT2D eigenvalue weighted by molar-refractivity contribution is -0.119. The minimum absolute atomic E-state index is 0.105. The highest BCUT2D eigenvalue weighted by atomic mass is 79.9. The predicted molar refractivity (Wildman–Crippen MR) is 100 cm³/mol. The Morgan fingerprint density at radius 1 is 1.17 bits per heavy atom. The zero-order valence-electron chi connectivity index (χ0n) is 13.0. The van der Waals surface area contributed by atoms with E-state index in [1.165, 1.54) is 0 Å². The quantitative estimate of drug-likeness (QED) is 0.654. The summed E-state index contributed by atoms with van der Waals surface area (Å²) in [5.74, 6) is -0.105. The van der Waals surface area contributed by atoms with Crippen LogP contribution in [-0.2, 0) is 4.79 Å². The van der Waals surface area contributed by atoms with Crippen LogP contribution in [0.1, 0.15) is 13.0 Å². The third-order valence-corrected chi connectivity index (χ3v) is 4.96. The Morgan fingerprint density at radius 2 is 1.88 bits per heavy atom. The number of para-hydroxylation sites is 1. The number of aromatic nitrogens is 2. The number of nitrogens with zero attached hydrogens (tertiary/aromatic N) is 2. The average molecular weight is 402 g/mol. The van der Waals surface area contributed by atoms with Gasteiger partial charge in [-0.2, -0.15) is 5.10 Å². The van der Waals surface area contributed by atoms with Crippen LogP contribution in [0.4, 0.5) is 5.69 Å². The summed E-state index contributed by atoms with van der Waals surface area (Å²) in [6, 6.07) is 17.5. The van der Waals surface area contributed by atoms with Crippen molar-refractivity contribution >= 4 is 39.3 Å². The molecule has 1 atom stereocenters. The van der Waals surface area contributed by atoms with E-state index in [-0.39, 0.29) is 5.91 Å². The minimum atomic E-state index is -0.397. The minimum Gasteiger partial charge on any atom is -0.323 e. The molecule has 122 valence electrons. The zero-order valence-corrected chi connectivity index (χ0v) is 15.4. The fourth-order valence-electron chi connectivity index (χ4n) is 2.16. The van der Waals surface area contributed by atoms with Crippen molar-refractivity contribution in [2.75, 3.05) is 5.32 Å². The van der Waals surface area contributed by atoms with Crippen molar-refractivity contribution in [2.45, 2.75) is 22.8 Å². The Labute approximate surface area is 153 Å². The maximum atomic E-state index is 12.5. The molecule has 1 unspecified atom stereocenters. The van der Waals surface area contributed by atoms with Gasteiger partial charge in [0.15, 0.2) is 0 Å². The fourth-order valence-corrected chi connectivity index (χ4v) is 3.38. The topological polar surface area (TPSA) is 46.9 Å². The first-order valence-electron chi connectivity index (χ1n) is 7.46. The first-order chi connectivity index (χ1) is 11.6. The van der Waals surface area contributed by atoms with Crippen LogP contribution >= 0.6 is 27.7 Å². The van der Waals surface area contributed by atoms with Gasteiger partial charge < -0.3 is 5.32 Å². The van der Waals surface area contributed by atoms with Gasteiger partial charge in [-0.15, -0.1) is 0 Å². The number of benzene rings is 2. The highest BCUT2D eigenvalue weighted by Crippen LogP contribution is 2.33. The van der Waals surface area contributed by atoms with Gasteiger partial charge in [-0.1, -0.05) is 42.1 Å². The van der Waals surface area contributed by atoms with Gasteiger partial charge in [0.05, 0.1) is 16.4 Å². The van der Waals surface area contributed by atoms with Gasteiger partial charge in [-0.25, -0.2) is 0 Å². The molecule has 0 bridgehead atoms. The molecule has 0 radical (unpaired) electrons. The molecular weight excluding hydrogens is 386 g/mol. The largest absolute Gasteiger partial charge is 0.323 e. The number of hydrogen-bond acceptors (Lipinski definition) is 3. The van der Waals surface area contributed by atoms with E-state index in [4.69, 9.17) is 0 Å². The van der Waals surface area contributed by atoms with Gasteiger partial charge in [-0.3, -0.25) is 9.48 Å². The van der Waals surface area contributed by atoms with Crippen molar-refractivity contribution in [3.05, 3.63) is 71.5 Å². The van der Waals surface area contributed by atoms with E-state index in [2.05, 4.69) is 26.3 Å². The van der Waals surface area contributed by atoms with E-state index in [9.17, 15) is 4.79 Å². The van der Waals surface area contributed by atoms with E-state index in [0.717, 1.165) is 20.0 Å². The van der Waals surface area contributed by atoms with Gasteiger partial charge in [0.2, 0.25) is 5.91 Å². The molecule has 1 N–H and O–H groups in total. The van der Waals surface area contributed by atoms with Crippen LogP contribution < -0.4 is 5.32 Å². The molecule has 0 saturated carbocycles. The maximum Gasteiger partial charge on any atom is 0.248 e. The Balaban J connectivity index is 1.76. The van der Waals surface area contributed by atoms with Crippen molar-refractivity contribution in [3.63, 3.8) is 0 Å². The first-order valence-corrected chi connectivity index (χ1v) is 9.07. The number of hydrogen-bond donors (Lipinski definition) is 1. The Bertz CT molecular complexity index is 835. The average Bonchev–Trinajstić information content (AvgIpc) is 3.03. The number of carbonyl (C=O) groups excluding carboxylic acids is 1. The van der Waals surface area contributed by atoms with E-state index in [1.54, 1.807) is 28.8 Å². The van der Waals surface area contributed by atoms with Crippen LogP contribution in [0.25, 0.3) is 0 Å². The van der Waals surface area contributed by atoms with E-state index >= 15 is 0 Å². The predicted octanol–water partition coefficient (Wildman–Crippen LogP) is 5.00. The second-order valence-electron chi connectivity index (χ2n) is 5.22. The number of amides is 1. The molecule has 3 rings (SSSR count). The molecular formula is C18H16BrN3OS. The number of halogens is 1. The molecule has 1 heterocycles. The second-order valence-corrected chi connectivity index (χ2v) is 7.25. The van der Waals surface area contributed by atoms with Crippen LogP contribution in [0, 0.1) is 0 Å². The molecule has 24 heavy (non-hydrogen) atoms.